The van der Waals surface area contributed by atoms with E-state index >= 15 is 0 Å². The average molecular weight is 311 g/mol. The van der Waals surface area contributed by atoms with Crippen molar-refractivity contribution in [1.82, 2.24) is 9.97 Å². The summed E-state index contributed by atoms with van der Waals surface area (Å²) in [5.41, 5.74) is 0.853. The van der Waals surface area contributed by atoms with Crippen molar-refractivity contribution in [3.63, 3.8) is 0 Å². The van der Waals surface area contributed by atoms with Gasteiger partial charge in [0, 0.05) is 25.7 Å². The molecule has 0 atom stereocenters. The van der Waals surface area contributed by atoms with Gasteiger partial charge in [0.15, 0.2) is 0 Å². The topological polar surface area (TPSA) is 38.2 Å². The van der Waals surface area contributed by atoms with Gasteiger partial charge < -0.3 is 9.64 Å². The van der Waals surface area contributed by atoms with Crippen molar-refractivity contribution >= 4 is 5.82 Å². The zero-order valence-corrected chi connectivity index (χ0v) is 14.4. The minimum absolute atomic E-state index is 0.188. The Morgan fingerprint density at radius 3 is 2.30 bits per heavy atom. The van der Waals surface area contributed by atoms with Gasteiger partial charge in [0.25, 0.3) is 0 Å². The van der Waals surface area contributed by atoms with Crippen LogP contribution in [0.1, 0.15) is 39.1 Å². The molecule has 1 aliphatic rings. The number of morpholine rings is 1. The Labute approximate surface area is 138 Å². The van der Waals surface area contributed by atoms with Crippen LogP contribution in [0.2, 0.25) is 0 Å². The molecule has 0 spiro atoms. The van der Waals surface area contributed by atoms with E-state index < -0.39 is 0 Å². The second-order valence-corrected chi connectivity index (χ2v) is 7.47. The Morgan fingerprint density at radius 2 is 1.65 bits per heavy atom. The Kier molecular flexibility index (Phi) is 4.11. The summed E-state index contributed by atoms with van der Waals surface area (Å²) in [7, 11) is 0. The molecular formula is C19H25N3O. The monoisotopic (exact) mass is 311 g/mol. The lowest BCUT2D eigenvalue weighted by atomic mass is 9.99. The number of hydrogen-bond donors (Lipinski definition) is 0. The molecule has 4 nitrogen and oxygen atoms in total. The van der Waals surface area contributed by atoms with Crippen molar-refractivity contribution in [1.29, 1.82) is 0 Å². The van der Waals surface area contributed by atoms with Gasteiger partial charge >= 0.3 is 0 Å². The van der Waals surface area contributed by atoms with Gasteiger partial charge in [-0.3, -0.25) is 0 Å². The van der Waals surface area contributed by atoms with E-state index in [0.29, 0.717) is 0 Å². The molecule has 0 unspecified atom stereocenters. The normalized spacial score (nSPS) is 19.6. The molecule has 122 valence electrons. The SMILES string of the molecule is CC1(C)CN(c2ccnc(Cc3ccccc3)n2)CC(C)(C)O1. The summed E-state index contributed by atoms with van der Waals surface area (Å²) in [6, 6.07) is 12.3. The minimum atomic E-state index is -0.188. The fourth-order valence-electron chi connectivity index (χ4n) is 3.38. The number of hydrogen-bond acceptors (Lipinski definition) is 4. The molecule has 1 fully saturated rings. The first-order valence-corrected chi connectivity index (χ1v) is 8.14. The largest absolute Gasteiger partial charge is 0.366 e. The summed E-state index contributed by atoms with van der Waals surface area (Å²) in [4.78, 5) is 11.5. The predicted octanol–water partition coefficient (Wildman–Crippen LogP) is 3.46. The third-order valence-corrected chi connectivity index (χ3v) is 3.92. The fourth-order valence-corrected chi connectivity index (χ4v) is 3.38. The Morgan fingerprint density at radius 1 is 1.00 bits per heavy atom. The van der Waals surface area contributed by atoms with Crippen LogP contribution in [0.3, 0.4) is 0 Å². The summed E-state index contributed by atoms with van der Waals surface area (Å²) in [6.07, 6.45) is 2.61. The molecule has 1 aromatic carbocycles. The van der Waals surface area contributed by atoms with Gasteiger partial charge in [0.05, 0.1) is 11.2 Å². The molecule has 2 aromatic rings. The van der Waals surface area contributed by atoms with Crippen molar-refractivity contribution in [2.45, 2.75) is 45.3 Å². The van der Waals surface area contributed by atoms with E-state index in [1.807, 2.05) is 30.5 Å². The highest BCUT2D eigenvalue weighted by Gasteiger charge is 2.38. The molecular weight excluding hydrogens is 286 g/mol. The molecule has 0 N–H and O–H groups in total. The van der Waals surface area contributed by atoms with E-state index in [1.165, 1.54) is 5.56 Å². The van der Waals surface area contributed by atoms with E-state index in [4.69, 9.17) is 9.72 Å². The lowest BCUT2D eigenvalue weighted by Gasteiger charge is -2.47. The lowest BCUT2D eigenvalue weighted by Crippen LogP contribution is -2.57. The molecule has 1 aliphatic heterocycles. The quantitative estimate of drug-likeness (QED) is 0.870. The Balaban J connectivity index is 1.82. The van der Waals surface area contributed by atoms with E-state index in [0.717, 1.165) is 31.2 Å². The van der Waals surface area contributed by atoms with Crippen LogP contribution in [0.25, 0.3) is 0 Å². The van der Waals surface area contributed by atoms with Crippen molar-refractivity contribution in [2.75, 3.05) is 18.0 Å². The maximum absolute atomic E-state index is 6.15. The minimum Gasteiger partial charge on any atom is -0.366 e. The summed E-state index contributed by atoms with van der Waals surface area (Å²) in [6.45, 7) is 10.2. The number of benzene rings is 1. The molecule has 23 heavy (non-hydrogen) atoms. The van der Waals surface area contributed by atoms with E-state index in [9.17, 15) is 0 Å². The van der Waals surface area contributed by atoms with Crippen molar-refractivity contribution in [3.8, 4) is 0 Å². The highest BCUT2D eigenvalue weighted by molar-refractivity contribution is 5.40. The van der Waals surface area contributed by atoms with Gasteiger partial charge in [-0.1, -0.05) is 30.3 Å². The summed E-state index contributed by atoms with van der Waals surface area (Å²) >= 11 is 0. The number of aromatic nitrogens is 2. The van der Waals surface area contributed by atoms with Crippen LogP contribution in [-0.4, -0.2) is 34.3 Å². The van der Waals surface area contributed by atoms with Gasteiger partial charge in [-0.2, -0.15) is 0 Å². The molecule has 0 saturated carbocycles. The highest BCUT2D eigenvalue weighted by Crippen LogP contribution is 2.30. The standard InChI is InChI=1S/C19H25N3O/c1-18(2)13-22(14-19(3,4)23-18)17-10-11-20-16(21-17)12-15-8-6-5-7-9-15/h5-11H,12-14H2,1-4H3. The van der Waals surface area contributed by atoms with Crippen LogP contribution < -0.4 is 4.90 Å². The van der Waals surface area contributed by atoms with Crippen molar-refractivity contribution in [3.05, 3.63) is 54.0 Å². The van der Waals surface area contributed by atoms with Gasteiger partial charge in [0.2, 0.25) is 0 Å². The van der Waals surface area contributed by atoms with Crippen LogP contribution in [0.15, 0.2) is 42.6 Å². The predicted molar refractivity (Wildman–Crippen MR) is 92.7 cm³/mol. The zero-order valence-electron chi connectivity index (χ0n) is 14.4. The second kappa shape index (κ2) is 5.93. The van der Waals surface area contributed by atoms with Crippen molar-refractivity contribution < 1.29 is 4.74 Å². The van der Waals surface area contributed by atoms with Crippen LogP contribution in [0.5, 0.6) is 0 Å². The van der Waals surface area contributed by atoms with E-state index in [2.05, 4.69) is 49.7 Å². The first kappa shape index (κ1) is 15.9. The Hall–Kier alpha value is -1.94. The first-order chi connectivity index (χ1) is 10.8. The third-order valence-electron chi connectivity index (χ3n) is 3.92. The van der Waals surface area contributed by atoms with Crippen LogP contribution in [0, 0.1) is 0 Å². The smallest absolute Gasteiger partial charge is 0.135 e. The molecule has 0 bridgehead atoms. The maximum atomic E-state index is 6.15. The molecule has 3 rings (SSSR count). The van der Waals surface area contributed by atoms with Gasteiger partial charge in [-0.15, -0.1) is 0 Å². The van der Waals surface area contributed by atoms with Crippen LogP contribution >= 0.6 is 0 Å². The summed E-state index contributed by atoms with van der Waals surface area (Å²) < 4.78 is 6.15. The molecule has 0 amide bonds. The first-order valence-electron chi connectivity index (χ1n) is 8.14. The van der Waals surface area contributed by atoms with E-state index in [1.54, 1.807) is 0 Å². The lowest BCUT2D eigenvalue weighted by molar-refractivity contribution is -0.133. The summed E-state index contributed by atoms with van der Waals surface area (Å²) in [5.74, 6) is 1.84. The highest BCUT2D eigenvalue weighted by atomic mass is 16.5. The number of anilines is 1. The molecule has 0 radical (unpaired) electrons. The Bertz CT molecular complexity index is 651. The molecule has 1 saturated heterocycles. The second-order valence-electron chi connectivity index (χ2n) is 7.47. The van der Waals surface area contributed by atoms with Crippen LogP contribution in [0.4, 0.5) is 5.82 Å². The third kappa shape index (κ3) is 4.08. The molecule has 2 heterocycles. The zero-order chi connectivity index (χ0) is 16.5. The van der Waals surface area contributed by atoms with Gasteiger partial charge in [0.1, 0.15) is 11.6 Å². The number of nitrogens with zero attached hydrogens (tertiary/aromatic N) is 3. The van der Waals surface area contributed by atoms with E-state index in [-0.39, 0.29) is 11.2 Å². The fraction of sp³-hybridized carbons (Fsp3) is 0.474. The van der Waals surface area contributed by atoms with Gasteiger partial charge in [-0.25, -0.2) is 9.97 Å². The van der Waals surface area contributed by atoms with Crippen LogP contribution in [-0.2, 0) is 11.2 Å². The maximum Gasteiger partial charge on any atom is 0.135 e. The molecule has 1 aromatic heterocycles. The van der Waals surface area contributed by atoms with Crippen molar-refractivity contribution in [2.24, 2.45) is 0 Å². The summed E-state index contributed by atoms with van der Waals surface area (Å²) in [5, 5.41) is 0. The molecule has 4 heteroatoms. The van der Waals surface area contributed by atoms with Gasteiger partial charge in [-0.05, 0) is 39.3 Å². The number of ether oxygens (including phenoxy) is 1. The average Bonchev–Trinajstić information content (AvgIpc) is 2.45. The number of rotatable bonds is 3. The molecule has 0 aliphatic carbocycles.